The fraction of sp³-hybridized carbons (Fsp3) is 0.333. The van der Waals surface area contributed by atoms with Crippen molar-refractivity contribution in [2.24, 2.45) is 5.73 Å². The predicted molar refractivity (Wildman–Crippen MR) is 53.7 cm³/mol. The summed E-state index contributed by atoms with van der Waals surface area (Å²) in [6.45, 7) is -0.190. The lowest BCUT2D eigenvalue weighted by Crippen LogP contribution is -2.14. The first-order chi connectivity index (χ1) is 6.60. The molecule has 0 aliphatic carbocycles. The van der Waals surface area contributed by atoms with Crippen molar-refractivity contribution in [3.8, 4) is 11.5 Å². The van der Waals surface area contributed by atoms with Gasteiger partial charge in [0.05, 0.1) is 24.8 Å². The van der Waals surface area contributed by atoms with Gasteiger partial charge in [0.2, 0.25) is 0 Å². The van der Waals surface area contributed by atoms with Crippen LogP contribution in [0.15, 0.2) is 12.1 Å². The summed E-state index contributed by atoms with van der Waals surface area (Å²) in [4.78, 5) is 0. The molecule has 0 spiro atoms. The molecule has 0 aromatic heterocycles. The summed E-state index contributed by atoms with van der Waals surface area (Å²) in [6.07, 6.45) is 0. The molecule has 0 saturated heterocycles. The van der Waals surface area contributed by atoms with E-state index in [1.165, 1.54) is 13.2 Å². The zero-order chi connectivity index (χ0) is 10.7. The van der Waals surface area contributed by atoms with Gasteiger partial charge < -0.3 is 20.7 Å². The van der Waals surface area contributed by atoms with Crippen LogP contribution in [0.2, 0.25) is 5.02 Å². The first-order valence-electron chi connectivity index (χ1n) is 4.03. The van der Waals surface area contributed by atoms with E-state index < -0.39 is 6.04 Å². The second-order valence-electron chi connectivity index (χ2n) is 2.84. The Morgan fingerprint density at radius 1 is 1.57 bits per heavy atom. The molecule has 0 unspecified atom stereocenters. The van der Waals surface area contributed by atoms with Gasteiger partial charge in [-0.1, -0.05) is 11.6 Å². The minimum Gasteiger partial charge on any atom is -0.503 e. The number of hydrogen-bond donors (Lipinski definition) is 3. The number of ether oxygens (including phenoxy) is 1. The lowest BCUT2D eigenvalue weighted by atomic mass is 10.1. The number of halogens is 1. The summed E-state index contributed by atoms with van der Waals surface area (Å²) in [5.74, 6) is 0.124. The van der Waals surface area contributed by atoms with E-state index >= 15 is 0 Å². The number of aromatic hydroxyl groups is 1. The number of phenols is 1. The van der Waals surface area contributed by atoms with Crippen LogP contribution in [-0.4, -0.2) is 23.9 Å². The molecule has 0 saturated carbocycles. The summed E-state index contributed by atoms with van der Waals surface area (Å²) in [5.41, 5.74) is 6.21. The first kappa shape index (κ1) is 11.1. The van der Waals surface area contributed by atoms with Crippen LogP contribution in [0.5, 0.6) is 11.5 Å². The molecule has 1 aromatic carbocycles. The molecule has 4 N–H and O–H groups in total. The third-order valence-corrected chi connectivity index (χ3v) is 2.18. The average molecular weight is 218 g/mol. The molecular formula is C9H12ClNO3. The largest absolute Gasteiger partial charge is 0.503 e. The molecule has 0 fully saturated rings. The number of phenolic OH excluding ortho intramolecular Hbond substituents is 1. The minimum absolute atomic E-state index is 0.122. The number of aliphatic hydroxyl groups is 1. The number of aliphatic hydroxyl groups excluding tert-OH is 1. The molecule has 4 nitrogen and oxygen atoms in total. The molecule has 0 amide bonds. The number of hydrogen-bond acceptors (Lipinski definition) is 4. The average Bonchev–Trinajstić information content (AvgIpc) is 2.20. The van der Waals surface area contributed by atoms with E-state index in [1.807, 2.05) is 0 Å². The van der Waals surface area contributed by atoms with Crippen molar-refractivity contribution in [3.63, 3.8) is 0 Å². The highest BCUT2D eigenvalue weighted by Gasteiger charge is 2.12. The van der Waals surface area contributed by atoms with Gasteiger partial charge in [0.25, 0.3) is 0 Å². The molecule has 78 valence electrons. The zero-order valence-corrected chi connectivity index (χ0v) is 8.45. The van der Waals surface area contributed by atoms with Crippen molar-refractivity contribution in [1.29, 1.82) is 0 Å². The third kappa shape index (κ3) is 2.09. The summed E-state index contributed by atoms with van der Waals surface area (Å²) in [5, 5.41) is 18.4. The topological polar surface area (TPSA) is 75.7 Å². The molecule has 1 aromatic rings. The minimum atomic E-state index is -0.526. The number of nitrogens with two attached hydrogens (primary N) is 1. The highest BCUT2D eigenvalue weighted by molar-refractivity contribution is 6.32. The maximum absolute atomic E-state index is 9.42. The second-order valence-corrected chi connectivity index (χ2v) is 3.25. The molecule has 0 heterocycles. The van der Waals surface area contributed by atoms with Crippen LogP contribution in [0.3, 0.4) is 0 Å². The number of methoxy groups -OCH3 is 1. The van der Waals surface area contributed by atoms with Gasteiger partial charge in [0, 0.05) is 0 Å². The van der Waals surface area contributed by atoms with E-state index in [0.29, 0.717) is 5.56 Å². The quantitative estimate of drug-likeness (QED) is 0.707. The Bertz CT molecular complexity index is 330. The fourth-order valence-electron chi connectivity index (χ4n) is 1.07. The van der Waals surface area contributed by atoms with Crippen LogP contribution in [0.25, 0.3) is 0 Å². The fourth-order valence-corrected chi connectivity index (χ4v) is 1.29. The summed E-state index contributed by atoms with van der Waals surface area (Å²) in [7, 11) is 1.42. The SMILES string of the molecule is COc1cc([C@@H](N)CO)cc(Cl)c1O. The van der Waals surface area contributed by atoms with Crippen LogP contribution >= 0.6 is 11.6 Å². The molecule has 0 aliphatic rings. The number of benzene rings is 1. The highest BCUT2D eigenvalue weighted by Crippen LogP contribution is 2.36. The van der Waals surface area contributed by atoms with E-state index in [4.69, 9.17) is 27.2 Å². The second kappa shape index (κ2) is 4.50. The van der Waals surface area contributed by atoms with Crippen LogP contribution in [0.4, 0.5) is 0 Å². The Kier molecular flexibility index (Phi) is 3.57. The first-order valence-corrected chi connectivity index (χ1v) is 4.40. The van der Waals surface area contributed by atoms with E-state index in [0.717, 1.165) is 0 Å². The van der Waals surface area contributed by atoms with E-state index in [9.17, 15) is 5.11 Å². The Balaban J connectivity index is 3.16. The van der Waals surface area contributed by atoms with Crippen molar-refractivity contribution in [1.82, 2.24) is 0 Å². The molecule has 1 rings (SSSR count). The lowest BCUT2D eigenvalue weighted by Gasteiger charge is -2.12. The van der Waals surface area contributed by atoms with Crippen LogP contribution in [0, 0.1) is 0 Å². The zero-order valence-electron chi connectivity index (χ0n) is 7.70. The maximum atomic E-state index is 9.42. The molecule has 0 aliphatic heterocycles. The van der Waals surface area contributed by atoms with Crippen molar-refractivity contribution < 1.29 is 14.9 Å². The Hall–Kier alpha value is -0.970. The van der Waals surface area contributed by atoms with E-state index in [-0.39, 0.29) is 23.1 Å². The molecule has 14 heavy (non-hydrogen) atoms. The number of rotatable bonds is 3. The van der Waals surface area contributed by atoms with Crippen LogP contribution in [0.1, 0.15) is 11.6 Å². The summed E-state index contributed by atoms with van der Waals surface area (Å²) in [6, 6.07) is 2.52. The van der Waals surface area contributed by atoms with Crippen molar-refractivity contribution in [2.45, 2.75) is 6.04 Å². The van der Waals surface area contributed by atoms with Crippen molar-refractivity contribution in [3.05, 3.63) is 22.7 Å². The maximum Gasteiger partial charge on any atom is 0.176 e. The normalized spacial score (nSPS) is 12.6. The monoisotopic (exact) mass is 217 g/mol. The molecular weight excluding hydrogens is 206 g/mol. The van der Waals surface area contributed by atoms with Crippen molar-refractivity contribution >= 4 is 11.6 Å². The van der Waals surface area contributed by atoms with Gasteiger partial charge in [-0.25, -0.2) is 0 Å². The molecule has 0 bridgehead atoms. The van der Waals surface area contributed by atoms with E-state index in [2.05, 4.69) is 0 Å². The lowest BCUT2D eigenvalue weighted by molar-refractivity contribution is 0.267. The van der Waals surface area contributed by atoms with Gasteiger partial charge in [-0.05, 0) is 17.7 Å². The van der Waals surface area contributed by atoms with E-state index in [1.54, 1.807) is 6.07 Å². The van der Waals surface area contributed by atoms with Crippen molar-refractivity contribution in [2.75, 3.05) is 13.7 Å². The van der Waals surface area contributed by atoms with Gasteiger partial charge in [-0.2, -0.15) is 0 Å². The predicted octanol–water partition coefficient (Wildman–Crippen LogP) is 1.05. The molecule has 0 radical (unpaired) electrons. The highest BCUT2D eigenvalue weighted by atomic mass is 35.5. The third-order valence-electron chi connectivity index (χ3n) is 1.90. The molecule has 5 heteroatoms. The van der Waals surface area contributed by atoms with Gasteiger partial charge in [0.1, 0.15) is 0 Å². The van der Waals surface area contributed by atoms with Gasteiger partial charge in [-0.3, -0.25) is 0 Å². The van der Waals surface area contributed by atoms with Crippen LogP contribution < -0.4 is 10.5 Å². The Labute approximate surface area is 86.9 Å². The standard InChI is InChI=1S/C9H12ClNO3/c1-14-8-3-5(7(11)4-12)2-6(10)9(8)13/h2-3,7,12-13H,4,11H2,1H3/t7-/m0/s1. The van der Waals surface area contributed by atoms with Gasteiger partial charge in [0.15, 0.2) is 11.5 Å². The van der Waals surface area contributed by atoms with Gasteiger partial charge >= 0.3 is 0 Å². The summed E-state index contributed by atoms with van der Waals surface area (Å²) >= 11 is 5.73. The smallest absolute Gasteiger partial charge is 0.176 e. The summed E-state index contributed by atoms with van der Waals surface area (Å²) < 4.78 is 4.89. The molecule has 1 atom stereocenters. The Morgan fingerprint density at radius 3 is 2.71 bits per heavy atom. The van der Waals surface area contributed by atoms with Gasteiger partial charge in [-0.15, -0.1) is 0 Å². The van der Waals surface area contributed by atoms with Crippen LogP contribution in [-0.2, 0) is 0 Å². The Morgan fingerprint density at radius 2 is 2.21 bits per heavy atom.